The van der Waals surface area contributed by atoms with Crippen molar-refractivity contribution in [1.29, 1.82) is 0 Å². The molecule has 1 aromatic heterocycles. The summed E-state index contributed by atoms with van der Waals surface area (Å²) in [5.41, 5.74) is 9.07. The SMILES string of the molecule is c1ccc(-c2ccc(-c3c4ccccc4c(-c4cccc5ccccc45)c4ccccc34)c(-c3ccccc3)n2)cc1. The van der Waals surface area contributed by atoms with Crippen LogP contribution in [0.4, 0.5) is 0 Å². The van der Waals surface area contributed by atoms with E-state index < -0.39 is 0 Å². The van der Waals surface area contributed by atoms with Crippen molar-refractivity contribution < 1.29 is 0 Å². The van der Waals surface area contributed by atoms with E-state index >= 15 is 0 Å². The van der Waals surface area contributed by atoms with Crippen molar-refractivity contribution in [2.24, 2.45) is 0 Å². The minimum Gasteiger partial charge on any atom is -0.247 e. The fourth-order valence-corrected chi connectivity index (χ4v) is 6.40. The molecule has 0 saturated carbocycles. The second kappa shape index (κ2) is 10.1. The Hall–Kier alpha value is -5.53. The van der Waals surface area contributed by atoms with Gasteiger partial charge in [-0.25, -0.2) is 4.98 Å². The van der Waals surface area contributed by atoms with Crippen LogP contribution in [-0.4, -0.2) is 4.98 Å². The van der Waals surface area contributed by atoms with Gasteiger partial charge in [0.25, 0.3) is 0 Å². The Balaban J connectivity index is 1.50. The highest BCUT2D eigenvalue weighted by Gasteiger charge is 2.20. The molecular weight excluding hydrogens is 506 g/mol. The molecule has 0 bridgehead atoms. The maximum Gasteiger partial charge on any atom is 0.0788 e. The Morgan fingerprint density at radius 1 is 0.310 bits per heavy atom. The van der Waals surface area contributed by atoms with E-state index in [1.807, 2.05) is 6.07 Å². The lowest BCUT2D eigenvalue weighted by Gasteiger charge is -2.20. The highest BCUT2D eigenvalue weighted by molar-refractivity contribution is 6.24. The van der Waals surface area contributed by atoms with Crippen LogP contribution in [0.2, 0.25) is 0 Å². The zero-order valence-corrected chi connectivity index (χ0v) is 23.0. The summed E-state index contributed by atoms with van der Waals surface area (Å²) < 4.78 is 0. The first-order valence-corrected chi connectivity index (χ1v) is 14.4. The number of pyridine rings is 1. The topological polar surface area (TPSA) is 12.9 Å². The van der Waals surface area contributed by atoms with Crippen LogP contribution in [0.1, 0.15) is 0 Å². The summed E-state index contributed by atoms with van der Waals surface area (Å²) in [7, 11) is 0. The molecule has 0 fully saturated rings. The minimum atomic E-state index is 0.971. The van der Waals surface area contributed by atoms with E-state index in [1.54, 1.807) is 0 Å². The van der Waals surface area contributed by atoms with Crippen LogP contribution in [0.3, 0.4) is 0 Å². The molecule has 0 amide bonds. The maximum atomic E-state index is 5.32. The molecule has 0 unspecified atom stereocenters. The first-order valence-electron chi connectivity index (χ1n) is 14.4. The van der Waals surface area contributed by atoms with Crippen molar-refractivity contribution in [2.75, 3.05) is 0 Å². The van der Waals surface area contributed by atoms with E-state index in [-0.39, 0.29) is 0 Å². The predicted octanol–water partition coefficient (Wildman–Crippen LogP) is 11.2. The first kappa shape index (κ1) is 24.3. The van der Waals surface area contributed by atoms with Crippen molar-refractivity contribution in [3.05, 3.63) is 164 Å². The van der Waals surface area contributed by atoms with Crippen LogP contribution in [0, 0.1) is 0 Å². The molecule has 0 atom stereocenters. The Morgan fingerprint density at radius 2 is 0.786 bits per heavy atom. The predicted molar refractivity (Wildman–Crippen MR) is 178 cm³/mol. The minimum absolute atomic E-state index is 0.971. The summed E-state index contributed by atoms with van der Waals surface area (Å²) in [4.78, 5) is 5.32. The van der Waals surface area contributed by atoms with Gasteiger partial charge in [0.2, 0.25) is 0 Å². The normalized spacial score (nSPS) is 11.3. The molecule has 0 spiro atoms. The number of benzene rings is 7. The molecule has 8 aromatic rings. The number of rotatable bonds is 4. The highest BCUT2D eigenvalue weighted by Crippen LogP contribution is 2.47. The number of fused-ring (bicyclic) bond motifs is 3. The third-order valence-electron chi connectivity index (χ3n) is 8.27. The summed E-state index contributed by atoms with van der Waals surface area (Å²) in [5, 5.41) is 7.46. The molecule has 7 aromatic carbocycles. The molecule has 8 rings (SSSR count). The number of hydrogen-bond acceptors (Lipinski definition) is 1. The van der Waals surface area contributed by atoms with E-state index in [0.717, 1.165) is 28.1 Å². The van der Waals surface area contributed by atoms with E-state index in [4.69, 9.17) is 4.98 Å². The molecule has 0 aliphatic carbocycles. The summed E-state index contributed by atoms with van der Waals surface area (Å²) in [6.45, 7) is 0. The summed E-state index contributed by atoms with van der Waals surface area (Å²) >= 11 is 0. The quantitative estimate of drug-likeness (QED) is 0.205. The smallest absolute Gasteiger partial charge is 0.0788 e. The Kier molecular flexibility index (Phi) is 5.86. The third kappa shape index (κ3) is 3.98. The molecule has 0 saturated heterocycles. The molecular formula is C41H27N. The van der Waals surface area contributed by atoms with Crippen LogP contribution in [0.5, 0.6) is 0 Å². The van der Waals surface area contributed by atoms with Crippen molar-refractivity contribution in [2.45, 2.75) is 0 Å². The molecule has 0 radical (unpaired) electrons. The fourth-order valence-electron chi connectivity index (χ4n) is 6.40. The van der Waals surface area contributed by atoms with Crippen LogP contribution in [-0.2, 0) is 0 Å². The van der Waals surface area contributed by atoms with Gasteiger partial charge in [0.1, 0.15) is 0 Å². The van der Waals surface area contributed by atoms with Crippen LogP contribution >= 0.6 is 0 Å². The third-order valence-corrected chi connectivity index (χ3v) is 8.27. The monoisotopic (exact) mass is 533 g/mol. The summed E-state index contributed by atoms with van der Waals surface area (Å²) in [6.07, 6.45) is 0. The maximum absolute atomic E-state index is 5.32. The lowest BCUT2D eigenvalue weighted by atomic mass is 9.84. The van der Waals surface area contributed by atoms with Gasteiger partial charge in [-0.3, -0.25) is 0 Å². The van der Waals surface area contributed by atoms with Gasteiger partial charge in [0.15, 0.2) is 0 Å². The van der Waals surface area contributed by atoms with Gasteiger partial charge in [-0.2, -0.15) is 0 Å². The van der Waals surface area contributed by atoms with Crippen LogP contribution in [0.15, 0.2) is 164 Å². The Morgan fingerprint density at radius 3 is 1.40 bits per heavy atom. The standard InChI is InChI=1S/C41H27N/c1-3-15-29(16-4-1)38-27-26-37(41(42-38)30-17-5-2-6-18-30)40-35-23-11-9-21-33(35)39(34-22-10-12-24-36(34)40)32-25-13-19-28-14-7-8-20-31(28)32/h1-27H. The second-order valence-corrected chi connectivity index (χ2v) is 10.7. The zero-order chi connectivity index (χ0) is 27.9. The molecule has 0 aliphatic rings. The fraction of sp³-hybridized carbons (Fsp3) is 0. The molecule has 42 heavy (non-hydrogen) atoms. The Bertz CT molecular complexity index is 2170. The molecule has 1 heteroatoms. The van der Waals surface area contributed by atoms with E-state index in [0.29, 0.717) is 0 Å². The summed E-state index contributed by atoms with van der Waals surface area (Å²) in [5.74, 6) is 0. The van der Waals surface area contributed by atoms with E-state index in [9.17, 15) is 0 Å². The van der Waals surface area contributed by atoms with Gasteiger partial charge in [0.05, 0.1) is 11.4 Å². The van der Waals surface area contributed by atoms with Gasteiger partial charge < -0.3 is 0 Å². The van der Waals surface area contributed by atoms with Crippen molar-refractivity contribution >= 4 is 32.3 Å². The van der Waals surface area contributed by atoms with Crippen LogP contribution in [0.25, 0.3) is 77.1 Å². The number of aromatic nitrogens is 1. The van der Waals surface area contributed by atoms with Gasteiger partial charge >= 0.3 is 0 Å². The van der Waals surface area contributed by atoms with Crippen molar-refractivity contribution in [1.82, 2.24) is 4.98 Å². The lowest BCUT2D eigenvalue weighted by Crippen LogP contribution is -1.96. The van der Waals surface area contributed by atoms with Crippen molar-refractivity contribution in [3.8, 4) is 44.8 Å². The van der Waals surface area contributed by atoms with Gasteiger partial charge in [-0.05, 0) is 61.1 Å². The first-order chi connectivity index (χ1) is 20.9. The van der Waals surface area contributed by atoms with Gasteiger partial charge in [0, 0.05) is 16.7 Å². The van der Waals surface area contributed by atoms with Crippen LogP contribution < -0.4 is 0 Å². The average Bonchev–Trinajstić information content (AvgIpc) is 3.07. The molecule has 0 aliphatic heterocycles. The average molecular weight is 534 g/mol. The van der Waals surface area contributed by atoms with Crippen molar-refractivity contribution in [3.63, 3.8) is 0 Å². The largest absolute Gasteiger partial charge is 0.247 e. The molecule has 1 nitrogen and oxygen atoms in total. The molecule has 1 heterocycles. The van der Waals surface area contributed by atoms with E-state index in [2.05, 4.69) is 158 Å². The van der Waals surface area contributed by atoms with Gasteiger partial charge in [-0.15, -0.1) is 0 Å². The highest BCUT2D eigenvalue weighted by atomic mass is 14.7. The van der Waals surface area contributed by atoms with Gasteiger partial charge in [-0.1, -0.05) is 152 Å². The number of nitrogens with zero attached hydrogens (tertiary/aromatic N) is 1. The molecule has 0 N–H and O–H groups in total. The zero-order valence-electron chi connectivity index (χ0n) is 23.0. The Labute approximate surface area is 245 Å². The van der Waals surface area contributed by atoms with E-state index in [1.165, 1.54) is 49.0 Å². The lowest BCUT2D eigenvalue weighted by molar-refractivity contribution is 1.32. The second-order valence-electron chi connectivity index (χ2n) is 10.7. The molecule has 196 valence electrons. The summed E-state index contributed by atoms with van der Waals surface area (Å²) in [6, 6.07) is 58.5. The number of hydrogen-bond donors (Lipinski definition) is 0.